The number of aliphatic imine (C=N–C) groups is 1. The van der Waals surface area contributed by atoms with E-state index in [9.17, 15) is 13.2 Å². The van der Waals surface area contributed by atoms with Gasteiger partial charge in [0.2, 0.25) is 0 Å². The number of fused-ring (bicyclic) bond motifs is 1. The summed E-state index contributed by atoms with van der Waals surface area (Å²) in [4.78, 5) is 4.37. The zero-order valence-corrected chi connectivity index (χ0v) is 13.7. The van der Waals surface area contributed by atoms with Gasteiger partial charge in [-0.05, 0) is 23.8 Å². The standard InChI is InChI=1S/C20H17F3N2/c1-25-14-16(18-6-2-3-7-19(18)25)13-24-12-4-5-15-8-10-17(11-9-15)20(21,22)23/h2-11,13-14H,12H2,1H3/b5-4+,24-13?. The summed E-state index contributed by atoms with van der Waals surface area (Å²) in [6, 6.07) is 13.2. The molecule has 2 nitrogen and oxygen atoms in total. The van der Waals surface area contributed by atoms with Crippen LogP contribution in [0.4, 0.5) is 13.2 Å². The number of aryl methyl sites for hydroxylation is 1. The van der Waals surface area contributed by atoms with Gasteiger partial charge in [0.15, 0.2) is 0 Å². The first-order chi connectivity index (χ1) is 11.9. The molecule has 0 amide bonds. The van der Waals surface area contributed by atoms with Crippen LogP contribution in [0.1, 0.15) is 16.7 Å². The maximum atomic E-state index is 12.5. The number of alkyl halides is 3. The molecule has 0 saturated heterocycles. The van der Waals surface area contributed by atoms with Gasteiger partial charge in [0, 0.05) is 35.9 Å². The fourth-order valence-electron chi connectivity index (χ4n) is 2.66. The number of hydrogen-bond acceptors (Lipinski definition) is 1. The molecule has 0 N–H and O–H groups in total. The first-order valence-corrected chi connectivity index (χ1v) is 7.83. The van der Waals surface area contributed by atoms with E-state index in [0.717, 1.165) is 28.6 Å². The molecule has 0 atom stereocenters. The van der Waals surface area contributed by atoms with Gasteiger partial charge in [0.05, 0.1) is 12.1 Å². The molecule has 1 heterocycles. The second-order valence-electron chi connectivity index (χ2n) is 5.73. The van der Waals surface area contributed by atoms with E-state index in [-0.39, 0.29) is 0 Å². The number of para-hydroxylation sites is 1. The predicted octanol–water partition coefficient (Wildman–Crippen LogP) is 5.33. The van der Waals surface area contributed by atoms with Crippen molar-refractivity contribution >= 4 is 23.2 Å². The van der Waals surface area contributed by atoms with Crippen molar-refractivity contribution in [3.8, 4) is 0 Å². The minimum absolute atomic E-state index is 0.463. The van der Waals surface area contributed by atoms with Gasteiger partial charge >= 0.3 is 6.18 Å². The van der Waals surface area contributed by atoms with E-state index < -0.39 is 11.7 Å². The van der Waals surface area contributed by atoms with Crippen molar-refractivity contribution in [3.05, 3.63) is 77.5 Å². The summed E-state index contributed by atoms with van der Waals surface area (Å²) in [5, 5.41) is 1.14. The molecule has 1 aromatic heterocycles. The maximum absolute atomic E-state index is 12.5. The summed E-state index contributed by atoms with van der Waals surface area (Å²) in [5.74, 6) is 0. The van der Waals surface area contributed by atoms with Crippen molar-refractivity contribution in [2.24, 2.45) is 12.0 Å². The van der Waals surface area contributed by atoms with Gasteiger partial charge in [-0.2, -0.15) is 13.2 Å². The van der Waals surface area contributed by atoms with E-state index in [1.54, 1.807) is 6.08 Å². The van der Waals surface area contributed by atoms with Crippen LogP contribution in [-0.2, 0) is 13.2 Å². The average molecular weight is 342 g/mol. The van der Waals surface area contributed by atoms with Crippen LogP contribution < -0.4 is 0 Å². The molecular formula is C20H17F3N2. The van der Waals surface area contributed by atoms with Crippen molar-refractivity contribution in [1.82, 2.24) is 4.57 Å². The molecule has 128 valence electrons. The zero-order valence-electron chi connectivity index (χ0n) is 13.7. The molecule has 25 heavy (non-hydrogen) atoms. The van der Waals surface area contributed by atoms with Crippen LogP contribution in [0.15, 0.2) is 65.8 Å². The van der Waals surface area contributed by atoms with Crippen molar-refractivity contribution in [3.63, 3.8) is 0 Å². The van der Waals surface area contributed by atoms with Gasteiger partial charge in [0.1, 0.15) is 0 Å². The van der Waals surface area contributed by atoms with E-state index in [0.29, 0.717) is 12.1 Å². The number of benzene rings is 2. The molecule has 0 fully saturated rings. The van der Waals surface area contributed by atoms with Gasteiger partial charge in [-0.25, -0.2) is 0 Å². The van der Waals surface area contributed by atoms with Crippen LogP contribution >= 0.6 is 0 Å². The van der Waals surface area contributed by atoms with Gasteiger partial charge in [-0.15, -0.1) is 0 Å². The Morgan fingerprint density at radius 2 is 1.76 bits per heavy atom. The Kier molecular flexibility index (Phi) is 4.74. The molecule has 5 heteroatoms. The second kappa shape index (κ2) is 6.97. The minimum Gasteiger partial charge on any atom is -0.350 e. The Hall–Kier alpha value is -2.82. The molecule has 3 aromatic rings. The molecule has 0 unspecified atom stereocenters. The lowest BCUT2D eigenvalue weighted by atomic mass is 10.1. The maximum Gasteiger partial charge on any atom is 0.416 e. The summed E-state index contributed by atoms with van der Waals surface area (Å²) in [5.41, 5.74) is 2.26. The Balaban J connectivity index is 1.64. The van der Waals surface area contributed by atoms with Gasteiger partial charge < -0.3 is 4.57 Å². The molecule has 0 aliphatic rings. The highest BCUT2D eigenvalue weighted by Gasteiger charge is 2.29. The minimum atomic E-state index is -4.30. The van der Waals surface area contributed by atoms with Gasteiger partial charge in [-0.3, -0.25) is 4.99 Å². The summed E-state index contributed by atoms with van der Waals surface area (Å²) in [6.45, 7) is 0.463. The number of hydrogen-bond donors (Lipinski definition) is 0. The van der Waals surface area contributed by atoms with E-state index in [2.05, 4.69) is 21.7 Å². The Morgan fingerprint density at radius 1 is 1.04 bits per heavy atom. The highest BCUT2D eigenvalue weighted by Crippen LogP contribution is 2.29. The molecule has 3 rings (SSSR count). The number of halogens is 3. The van der Waals surface area contributed by atoms with Crippen molar-refractivity contribution < 1.29 is 13.2 Å². The second-order valence-corrected chi connectivity index (χ2v) is 5.73. The van der Waals surface area contributed by atoms with Crippen LogP contribution in [-0.4, -0.2) is 17.3 Å². The van der Waals surface area contributed by atoms with Crippen LogP contribution in [0, 0.1) is 0 Å². The van der Waals surface area contributed by atoms with Crippen LogP contribution in [0.2, 0.25) is 0 Å². The van der Waals surface area contributed by atoms with Crippen LogP contribution in [0.25, 0.3) is 17.0 Å². The SMILES string of the molecule is Cn1cc(C=NC/C=C/c2ccc(C(F)(F)F)cc2)c2ccccc21. The fraction of sp³-hybridized carbons (Fsp3) is 0.150. The number of nitrogens with zero attached hydrogens (tertiary/aromatic N) is 2. The van der Waals surface area contributed by atoms with E-state index in [1.165, 1.54) is 12.1 Å². The van der Waals surface area contributed by atoms with E-state index >= 15 is 0 Å². The van der Waals surface area contributed by atoms with Crippen LogP contribution in [0.5, 0.6) is 0 Å². The monoisotopic (exact) mass is 342 g/mol. The highest BCUT2D eigenvalue weighted by atomic mass is 19.4. The summed E-state index contributed by atoms with van der Waals surface area (Å²) in [7, 11) is 1.99. The lowest BCUT2D eigenvalue weighted by Crippen LogP contribution is -2.03. The van der Waals surface area contributed by atoms with Crippen molar-refractivity contribution in [2.75, 3.05) is 6.54 Å². The lowest BCUT2D eigenvalue weighted by Gasteiger charge is -2.05. The summed E-state index contributed by atoms with van der Waals surface area (Å²) >= 11 is 0. The topological polar surface area (TPSA) is 17.3 Å². The normalized spacial score (nSPS) is 12.6. The largest absolute Gasteiger partial charge is 0.416 e. The third-order valence-electron chi connectivity index (χ3n) is 3.92. The lowest BCUT2D eigenvalue weighted by molar-refractivity contribution is -0.137. The smallest absolute Gasteiger partial charge is 0.350 e. The predicted molar refractivity (Wildman–Crippen MR) is 95.9 cm³/mol. The van der Waals surface area contributed by atoms with Crippen LogP contribution in [0.3, 0.4) is 0 Å². The first-order valence-electron chi connectivity index (χ1n) is 7.83. The number of rotatable bonds is 4. The molecule has 2 aromatic carbocycles. The third kappa shape index (κ3) is 3.99. The van der Waals surface area contributed by atoms with Gasteiger partial charge in [0.25, 0.3) is 0 Å². The highest BCUT2D eigenvalue weighted by molar-refractivity contribution is 5.99. The Bertz CT molecular complexity index is 916. The van der Waals surface area contributed by atoms with Crippen molar-refractivity contribution in [1.29, 1.82) is 0 Å². The number of aromatic nitrogens is 1. The average Bonchev–Trinajstić information content (AvgIpc) is 2.91. The summed E-state index contributed by atoms with van der Waals surface area (Å²) < 4.78 is 39.6. The van der Waals surface area contributed by atoms with E-state index in [4.69, 9.17) is 0 Å². The third-order valence-corrected chi connectivity index (χ3v) is 3.92. The molecule has 0 aliphatic carbocycles. The first kappa shape index (κ1) is 17.0. The fourth-order valence-corrected chi connectivity index (χ4v) is 2.66. The molecule has 0 aliphatic heterocycles. The quantitative estimate of drug-likeness (QED) is 0.570. The molecule has 0 saturated carbocycles. The Labute approximate surface area is 143 Å². The van der Waals surface area contributed by atoms with Crippen molar-refractivity contribution in [2.45, 2.75) is 6.18 Å². The molecule has 0 radical (unpaired) electrons. The molecule has 0 spiro atoms. The Morgan fingerprint density at radius 3 is 2.48 bits per heavy atom. The zero-order chi connectivity index (χ0) is 17.9. The molecular weight excluding hydrogens is 325 g/mol. The summed E-state index contributed by atoms with van der Waals surface area (Å²) in [6.07, 6.45) is 3.13. The van der Waals surface area contributed by atoms with E-state index in [1.807, 2.05) is 37.7 Å². The molecule has 0 bridgehead atoms. The van der Waals surface area contributed by atoms with Gasteiger partial charge in [-0.1, -0.05) is 42.5 Å².